The Morgan fingerprint density at radius 1 is 1.07 bits per heavy atom. The van der Waals surface area contributed by atoms with Crippen molar-refractivity contribution >= 4 is 16.0 Å². The number of morpholine rings is 1. The van der Waals surface area contributed by atoms with Gasteiger partial charge in [-0.15, -0.1) is 0 Å². The molecule has 0 radical (unpaired) electrons. The van der Waals surface area contributed by atoms with E-state index < -0.39 is 16.0 Å². The molecule has 0 spiro atoms. The van der Waals surface area contributed by atoms with E-state index in [2.05, 4.69) is 0 Å². The number of benzene rings is 2. The van der Waals surface area contributed by atoms with E-state index >= 15 is 0 Å². The third kappa shape index (κ3) is 4.74. The van der Waals surface area contributed by atoms with Gasteiger partial charge in [-0.25, -0.2) is 13.2 Å². The number of carbonyl (C=O) groups is 1. The van der Waals surface area contributed by atoms with Crippen LogP contribution < -0.4 is 0 Å². The van der Waals surface area contributed by atoms with Crippen LogP contribution in [0.2, 0.25) is 0 Å². The maximum absolute atomic E-state index is 13.0. The van der Waals surface area contributed by atoms with Crippen molar-refractivity contribution in [1.82, 2.24) is 4.31 Å². The Hall–Kier alpha value is -2.22. The van der Waals surface area contributed by atoms with Gasteiger partial charge in [0.15, 0.2) is 0 Å². The van der Waals surface area contributed by atoms with Crippen molar-refractivity contribution in [3.63, 3.8) is 0 Å². The maximum Gasteiger partial charge on any atom is 0.338 e. The predicted molar refractivity (Wildman–Crippen MR) is 101 cm³/mol. The van der Waals surface area contributed by atoms with Crippen molar-refractivity contribution in [3.05, 3.63) is 65.7 Å². The highest BCUT2D eigenvalue weighted by atomic mass is 32.2. The molecule has 144 valence electrons. The molecule has 2 atom stereocenters. The average molecular weight is 389 g/mol. The zero-order valence-corrected chi connectivity index (χ0v) is 16.2. The minimum atomic E-state index is -3.71. The SMILES string of the molecule is C[C@H]1CN(S(=O)(=O)c2cccc(C(=O)OCc3ccccc3)c2)C[C@H](C)O1. The van der Waals surface area contributed by atoms with E-state index in [0.717, 1.165) is 5.56 Å². The lowest BCUT2D eigenvalue weighted by Crippen LogP contribution is -2.48. The van der Waals surface area contributed by atoms with Crippen molar-refractivity contribution < 1.29 is 22.7 Å². The molecule has 0 N–H and O–H groups in total. The molecule has 2 aromatic rings. The third-order valence-electron chi connectivity index (χ3n) is 4.31. The summed E-state index contributed by atoms with van der Waals surface area (Å²) in [6.07, 6.45) is -0.356. The number of sulfonamides is 1. The van der Waals surface area contributed by atoms with Gasteiger partial charge < -0.3 is 9.47 Å². The summed E-state index contributed by atoms with van der Waals surface area (Å²) in [7, 11) is -3.71. The van der Waals surface area contributed by atoms with Crippen molar-refractivity contribution in [2.45, 2.75) is 37.6 Å². The van der Waals surface area contributed by atoms with Crippen LogP contribution >= 0.6 is 0 Å². The molecule has 0 saturated carbocycles. The van der Waals surface area contributed by atoms with Gasteiger partial charge in [-0.3, -0.25) is 0 Å². The lowest BCUT2D eigenvalue weighted by atomic mass is 10.2. The van der Waals surface area contributed by atoms with E-state index in [1.165, 1.54) is 16.4 Å². The van der Waals surface area contributed by atoms with Gasteiger partial charge in [0.25, 0.3) is 0 Å². The highest BCUT2D eigenvalue weighted by Gasteiger charge is 2.32. The predicted octanol–water partition coefficient (Wildman–Crippen LogP) is 2.84. The molecule has 0 aliphatic carbocycles. The highest BCUT2D eigenvalue weighted by molar-refractivity contribution is 7.89. The Balaban J connectivity index is 1.75. The minimum absolute atomic E-state index is 0.0814. The second-order valence-electron chi connectivity index (χ2n) is 6.67. The molecule has 7 heteroatoms. The van der Waals surface area contributed by atoms with Crippen LogP contribution in [0.5, 0.6) is 0 Å². The zero-order chi connectivity index (χ0) is 19.4. The van der Waals surface area contributed by atoms with E-state index in [0.29, 0.717) is 0 Å². The van der Waals surface area contributed by atoms with Crippen molar-refractivity contribution in [2.75, 3.05) is 13.1 Å². The fraction of sp³-hybridized carbons (Fsp3) is 0.350. The van der Waals surface area contributed by atoms with E-state index in [1.54, 1.807) is 12.1 Å². The summed E-state index contributed by atoms with van der Waals surface area (Å²) in [5.74, 6) is -0.556. The molecule has 27 heavy (non-hydrogen) atoms. The summed E-state index contributed by atoms with van der Waals surface area (Å²) in [5, 5.41) is 0. The topological polar surface area (TPSA) is 72.9 Å². The Morgan fingerprint density at radius 3 is 2.41 bits per heavy atom. The first kappa shape index (κ1) is 19.5. The van der Waals surface area contributed by atoms with Crippen LogP contribution in [-0.4, -0.2) is 44.0 Å². The summed E-state index contributed by atoms with van der Waals surface area (Å²) in [4.78, 5) is 12.4. The van der Waals surface area contributed by atoms with Gasteiger partial charge >= 0.3 is 5.97 Å². The fourth-order valence-corrected chi connectivity index (χ4v) is 4.70. The molecule has 0 unspecified atom stereocenters. The molecule has 0 bridgehead atoms. The number of carbonyl (C=O) groups excluding carboxylic acids is 1. The lowest BCUT2D eigenvalue weighted by molar-refractivity contribution is -0.0440. The van der Waals surface area contributed by atoms with Gasteiger partial charge in [-0.2, -0.15) is 4.31 Å². The standard InChI is InChI=1S/C20H23NO5S/c1-15-12-21(13-16(2)26-15)27(23,24)19-10-6-9-18(11-19)20(22)25-14-17-7-4-3-5-8-17/h3-11,15-16H,12-14H2,1-2H3/t15-,16-/m0/s1. The minimum Gasteiger partial charge on any atom is -0.457 e. The monoisotopic (exact) mass is 389 g/mol. The molecule has 1 fully saturated rings. The Kier molecular flexibility index (Phi) is 5.94. The van der Waals surface area contributed by atoms with Crippen molar-refractivity contribution in [1.29, 1.82) is 0 Å². The van der Waals surface area contributed by atoms with Gasteiger partial charge in [0.05, 0.1) is 22.7 Å². The number of hydrogen-bond acceptors (Lipinski definition) is 5. The van der Waals surface area contributed by atoms with Crippen LogP contribution in [0.4, 0.5) is 0 Å². The van der Waals surface area contributed by atoms with Crippen LogP contribution in [0.15, 0.2) is 59.5 Å². The number of rotatable bonds is 5. The maximum atomic E-state index is 13.0. The van der Waals surface area contributed by atoms with Gasteiger partial charge in [0.1, 0.15) is 6.61 Å². The Bertz CT molecular complexity index is 888. The molecule has 1 aliphatic rings. The van der Waals surface area contributed by atoms with E-state index in [-0.39, 0.29) is 42.4 Å². The molecule has 2 aromatic carbocycles. The number of hydrogen-bond donors (Lipinski definition) is 0. The number of esters is 1. The highest BCUT2D eigenvalue weighted by Crippen LogP contribution is 2.22. The number of nitrogens with zero attached hydrogens (tertiary/aromatic N) is 1. The lowest BCUT2D eigenvalue weighted by Gasteiger charge is -2.34. The fourth-order valence-electron chi connectivity index (χ4n) is 3.07. The normalized spacial score (nSPS) is 21.0. The van der Waals surface area contributed by atoms with Crippen LogP contribution in [-0.2, 0) is 26.1 Å². The zero-order valence-electron chi connectivity index (χ0n) is 15.4. The molecule has 1 aliphatic heterocycles. The first-order valence-electron chi connectivity index (χ1n) is 8.83. The molecule has 1 heterocycles. The van der Waals surface area contributed by atoms with Crippen LogP contribution in [0.1, 0.15) is 29.8 Å². The summed E-state index contributed by atoms with van der Waals surface area (Å²) in [6.45, 7) is 4.39. The second kappa shape index (κ2) is 8.21. The van der Waals surface area contributed by atoms with Crippen molar-refractivity contribution in [2.24, 2.45) is 0 Å². The molecule has 3 rings (SSSR count). The summed E-state index contributed by atoms with van der Waals surface area (Å²) in [6, 6.07) is 15.3. The van der Waals surface area contributed by atoms with Gasteiger partial charge in [-0.05, 0) is 37.6 Å². The summed E-state index contributed by atoms with van der Waals surface area (Å²) < 4.78 is 38.2. The molecule has 0 aromatic heterocycles. The van der Waals surface area contributed by atoms with Crippen LogP contribution in [0, 0.1) is 0 Å². The van der Waals surface area contributed by atoms with E-state index in [1.807, 2.05) is 44.2 Å². The smallest absolute Gasteiger partial charge is 0.338 e. The molecular formula is C20H23NO5S. The summed E-state index contributed by atoms with van der Waals surface area (Å²) >= 11 is 0. The third-order valence-corrected chi connectivity index (χ3v) is 6.13. The van der Waals surface area contributed by atoms with E-state index in [4.69, 9.17) is 9.47 Å². The largest absolute Gasteiger partial charge is 0.457 e. The molecule has 1 saturated heterocycles. The van der Waals surface area contributed by atoms with E-state index in [9.17, 15) is 13.2 Å². The van der Waals surface area contributed by atoms with Gasteiger partial charge in [0.2, 0.25) is 10.0 Å². The Labute approximate surface area is 159 Å². The van der Waals surface area contributed by atoms with Gasteiger partial charge in [0, 0.05) is 13.1 Å². The molecule has 6 nitrogen and oxygen atoms in total. The quantitative estimate of drug-likeness (QED) is 0.736. The average Bonchev–Trinajstić information content (AvgIpc) is 2.66. The molecule has 0 amide bonds. The van der Waals surface area contributed by atoms with Crippen molar-refractivity contribution in [3.8, 4) is 0 Å². The van der Waals surface area contributed by atoms with Crippen LogP contribution in [0.25, 0.3) is 0 Å². The number of ether oxygens (including phenoxy) is 2. The first-order valence-corrected chi connectivity index (χ1v) is 10.3. The molecular weight excluding hydrogens is 366 g/mol. The first-order chi connectivity index (χ1) is 12.9. The summed E-state index contributed by atoms with van der Waals surface area (Å²) in [5.41, 5.74) is 1.08. The Morgan fingerprint density at radius 2 is 1.74 bits per heavy atom. The van der Waals surface area contributed by atoms with Crippen LogP contribution in [0.3, 0.4) is 0 Å². The van der Waals surface area contributed by atoms with Gasteiger partial charge in [-0.1, -0.05) is 36.4 Å². The second-order valence-corrected chi connectivity index (χ2v) is 8.61.